The van der Waals surface area contributed by atoms with Gasteiger partial charge in [-0.15, -0.1) is 0 Å². The molecule has 0 heterocycles. The van der Waals surface area contributed by atoms with E-state index in [-0.39, 0.29) is 0 Å². The molecule has 14 heavy (non-hydrogen) atoms. The zero-order chi connectivity index (χ0) is 10.8. The molecule has 1 atom stereocenters. The van der Waals surface area contributed by atoms with Crippen molar-refractivity contribution < 1.29 is 0 Å². The third-order valence-corrected chi connectivity index (χ3v) is 4.05. The van der Waals surface area contributed by atoms with E-state index >= 15 is 0 Å². The van der Waals surface area contributed by atoms with Crippen molar-refractivity contribution in [2.45, 2.75) is 53.9 Å². The molecule has 0 spiro atoms. The van der Waals surface area contributed by atoms with Gasteiger partial charge >= 0.3 is 0 Å². The quantitative estimate of drug-likeness (QED) is 0.567. The zero-order valence-electron chi connectivity index (χ0n) is 10.4. The summed E-state index contributed by atoms with van der Waals surface area (Å²) in [7, 11) is 0. The molecular formula is C14H24. The number of hydrogen-bond donors (Lipinski definition) is 0. The van der Waals surface area contributed by atoms with Crippen LogP contribution in [0, 0.1) is 11.3 Å². The fourth-order valence-electron chi connectivity index (χ4n) is 2.08. The van der Waals surface area contributed by atoms with Crippen LogP contribution < -0.4 is 0 Å². The van der Waals surface area contributed by atoms with Gasteiger partial charge in [0.2, 0.25) is 0 Å². The summed E-state index contributed by atoms with van der Waals surface area (Å²) in [6.07, 6.45) is 8.56. The van der Waals surface area contributed by atoms with Gasteiger partial charge < -0.3 is 0 Å². The lowest BCUT2D eigenvalue weighted by Gasteiger charge is -2.29. The van der Waals surface area contributed by atoms with E-state index in [1.54, 1.807) is 5.57 Å². The van der Waals surface area contributed by atoms with Gasteiger partial charge in [0.05, 0.1) is 0 Å². The maximum atomic E-state index is 2.43. The summed E-state index contributed by atoms with van der Waals surface area (Å²) in [6.45, 7) is 11.5. The van der Waals surface area contributed by atoms with E-state index < -0.39 is 0 Å². The molecule has 0 heteroatoms. The van der Waals surface area contributed by atoms with E-state index in [0.717, 1.165) is 5.92 Å². The van der Waals surface area contributed by atoms with Gasteiger partial charge in [0.15, 0.2) is 0 Å². The first kappa shape index (κ1) is 11.6. The van der Waals surface area contributed by atoms with Gasteiger partial charge in [-0.05, 0) is 44.4 Å². The fourth-order valence-corrected chi connectivity index (χ4v) is 2.08. The Morgan fingerprint density at radius 2 is 2.21 bits per heavy atom. The highest BCUT2D eigenvalue weighted by molar-refractivity contribution is 5.19. The monoisotopic (exact) mass is 192 g/mol. The zero-order valence-corrected chi connectivity index (χ0v) is 10.4. The molecule has 0 unspecified atom stereocenters. The molecule has 0 fully saturated rings. The fraction of sp³-hybridized carbons (Fsp3) is 0.714. The first-order chi connectivity index (χ1) is 6.48. The summed E-state index contributed by atoms with van der Waals surface area (Å²) >= 11 is 0. The van der Waals surface area contributed by atoms with Gasteiger partial charge in [0, 0.05) is 0 Å². The SMILES string of the molecule is CC/C(C)=C/C[C@@H]1CC=C(C)C1(C)C. The Morgan fingerprint density at radius 3 is 2.64 bits per heavy atom. The Labute approximate surface area is 89.1 Å². The molecule has 0 aromatic rings. The molecule has 1 rings (SSSR count). The lowest BCUT2D eigenvalue weighted by atomic mass is 9.76. The minimum Gasteiger partial charge on any atom is -0.0853 e. The average Bonchev–Trinajstić information content (AvgIpc) is 2.39. The van der Waals surface area contributed by atoms with Gasteiger partial charge in [0.1, 0.15) is 0 Å². The summed E-state index contributed by atoms with van der Waals surface area (Å²) in [5.41, 5.74) is 3.53. The maximum Gasteiger partial charge on any atom is -0.0113 e. The molecule has 0 aromatic carbocycles. The van der Waals surface area contributed by atoms with Crippen LogP contribution >= 0.6 is 0 Å². The van der Waals surface area contributed by atoms with E-state index in [1.165, 1.54) is 24.8 Å². The van der Waals surface area contributed by atoms with E-state index in [2.05, 4.69) is 46.8 Å². The van der Waals surface area contributed by atoms with Crippen molar-refractivity contribution in [1.29, 1.82) is 0 Å². The first-order valence-electron chi connectivity index (χ1n) is 5.81. The minimum absolute atomic E-state index is 0.421. The van der Waals surface area contributed by atoms with Crippen molar-refractivity contribution in [3.8, 4) is 0 Å². The third kappa shape index (κ3) is 2.29. The second-order valence-electron chi connectivity index (χ2n) is 5.18. The lowest BCUT2D eigenvalue weighted by Crippen LogP contribution is -2.19. The Kier molecular flexibility index (Phi) is 3.58. The van der Waals surface area contributed by atoms with Crippen molar-refractivity contribution in [2.75, 3.05) is 0 Å². The van der Waals surface area contributed by atoms with E-state index in [9.17, 15) is 0 Å². The highest BCUT2D eigenvalue weighted by Crippen LogP contribution is 2.44. The van der Waals surface area contributed by atoms with Crippen LogP contribution in [0.2, 0.25) is 0 Å². The Hall–Kier alpha value is -0.520. The summed E-state index contributed by atoms with van der Waals surface area (Å²) in [5, 5.41) is 0. The molecule has 1 aliphatic carbocycles. The molecule has 0 bridgehead atoms. The predicted octanol–water partition coefficient (Wildman–Crippen LogP) is 4.73. The molecule has 0 nitrogen and oxygen atoms in total. The highest BCUT2D eigenvalue weighted by Gasteiger charge is 2.33. The average molecular weight is 192 g/mol. The number of rotatable bonds is 3. The van der Waals surface area contributed by atoms with Gasteiger partial charge in [-0.25, -0.2) is 0 Å². The predicted molar refractivity (Wildman–Crippen MR) is 64.3 cm³/mol. The van der Waals surface area contributed by atoms with Crippen molar-refractivity contribution in [3.63, 3.8) is 0 Å². The van der Waals surface area contributed by atoms with Gasteiger partial charge in [-0.1, -0.05) is 44.1 Å². The number of hydrogen-bond acceptors (Lipinski definition) is 0. The van der Waals surface area contributed by atoms with Crippen LogP contribution in [0.1, 0.15) is 53.9 Å². The summed E-state index contributed by atoms with van der Waals surface area (Å²) < 4.78 is 0. The van der Waals surface area contributed by atoms with Crippen LogP contribution in [0.5, 0.6) is 0 Å². The summed E-state index contributed by atoms with van der Waals surface area (Å²) in [4.78, 5) is 0. The molecule has 0 aromatic heterocycles. The number of allylic oxidation sites excluding steroid dienone is 4. The van der Waals surface area contributed by atoms with Crippen molar-refractivity contribution in [1.82, 2.24) is 0 Å². The molecule has 0 saturated carbocycles. The van der Waals surface area contributed by atoms with E-state index in [0.29, 0.717) is 5.41 Å². The largest absolute Gasteiger partial charge is 0.0853 e. The van der Waals surface area contributed by atoms with Crippen molar-refractivity contribution >= 4 is 0 Å². The van der Waals surface area contributed by atoms with Crippen LogP contribution in [-0.2, 0) is 0 Å². The molecule has 0 radical (unpaired) electrons. The third-order valence-electron chi connectivity index (χ3n) is 4.05. The summed E-state index contributed by atoms with van der Waals surface area (Å²) in [5.74, 6) is 0.823. The molecule has 0 saturated heterocycles. The molecular weight excluding hydrogens is 168 g/mol. The van der Waals surface area contributed by atoms with E-state index in [4.69, 9.17) is 0 Å². The van der Waals surface area contributed by atoms with Gasteiger partial charge in [-0.3, -0.25) is 0 Å². The molecule has 0 N–H and O–H groups in total. The van der Waals surface area contributed by atoms with Crippen LogP contribution in [0.25, 0.3) is 0 Å². The summed E-state index contributed by atoms with van der Waals surface area (Å²) in [6, 6.07) is 0. The van der Waals surface area contributed by atoms with Crippen molar-refractivity contribution in [3.05, 3.63) is 23.3 Å². The second kappa shape index (κ2) is 4.33. The Balaban J connectivity index is 2.58. The maximum absolute atomic E-state index is 2.43. The normalized spacial score (nSPS) is 26.5. The van der Waals surface area contributed by atoms with Gasteiger partial charge in [0.25, 0.3) is 0 Å². The Bertz CT molecular complexity index is 253. The topological polar surface area (TPSA) is 0 Å². The molecule has 0 aliphatic heterocycles. The van der Waals surface area contributed by atoms with Crippen LogP contribution in [0.15, 0.2) is 23.3 Å². The van der Waals surface area contributed by atoms with Crippen LogP contribution in [0.4, 0.5) is 0 Å². The van der Waals surface area contributed by atoms with Crippen molar-refractivity contribution in [2.24, 2.45) is 11.3 Å². The minimum atomic E-state index is 0.421. The van der Waals surface area contributed by atoms with E-state index in [1.807, 2.05) is 0 Å². The first-order valence-corrected chi connectivity index (χ1v) is 5.81. The molecule has 1 aliphatic rings. The van der Waals surface area contributed by atoms with Crippen LogP contribution in [-0.4, -0.2) is 0 Å². The lowest BCUT2D eigenvalue weighted by molar-refractivity contribution is 0.294. The highest BCUT2D eigenvalue weighted by atomic mass is 14.4. The molecule has 0 amide bonds. The molecule has 80 valence electrons. The van der Waals surface area contributed by atoms with Gasteiger partial charge in [-0.2, -0.15) is 0 Å². The second-order valence-corrected chi connectivity index (χ2v) is 5.18. The van der Waals surface area contributed by atoms with Crippen LogP contribution in [0.3, 0.4) is 0 Å². The Morgan fingerprint density at radius 1 is 1.57 bits per heavy atom. The standard InChI is InChI=1S/C14H24/c1-6-11(2)7-9-13-10-8-12(3)14(13,4)5/h7-8,13H,6,9-10H2,1-5H3/b11-7+/t13-/m1/s1. The smallest absolute Gasteiger partial charge is 0.0113 e.